The molecule has 188 valence electrons. The molecule has 2 heterocycles. The Hall–Kier alpha value is -2.22. The summed E-state index contributed by atoms with van der Waals surface area (Å²) in [6, 6.07) is 14.5. The van der Waals surface area contributed by atoms with Crippen LogP contribution in [-0.2, 0) is 40.6 Å². The van der Waals surface area contributed by atoms with Crippen molar-refractivity contribution >= 4 is 15.9 Å². The smallest absolute Gasteiger partial charge is 0.243 e. The van der Waals surface area contributed by atoms with E-state index < -0.39 is 10.0 Å². The number of nitrogens with zero attached hydrogens (tertiary/aromatic N) is 2. The quantitative estimate of drug-likeness (QED) is 0.638. The number of rotatable bonds is 7. The summed E-state index contributed by atoms with van der Waals surface area (Å²) in [5, 5.41) is 3.19. The van der Waals surface area contributed by atoms with E-state index in [2.05, 4.69) is 41.4 Å². The van der Waals surface area contributed by atoms with Gasteiger partial charge in [-0.25, -0.2) is 8.42 Å². The van der Waals surface area contributed by atoms with E-state index in [9.17, 15) is 13.2 Å². The Morgan fingerprint density at radius 2 is 1.69 bits per heavy atom. The molecule has 2 aromatic rings. The number of hydrogen-bond donors (Lipinski definition) is 1. The lowest BCUT2D eigenvalue weighted by Crippen LogP contribution is -2.48. The maximum atomic E-state index is 13.2. The molecule has 35 heavy (non-hydrogen) atoms. The van der Waals surface area contributed by atoms with Gasteiger partial charge in [0.1, 0.15) is 0 Å². The monoisotopic (exact) mass is 495 g/mol. The molecule has 1 saturated heterocycles. The largest absolute Gasteiger partial charge is 0.354 e. The molecular formula is C28H37N3O3S. The molecule has 0 radical (unpaired) electrons. The molecule has 1 unspecified atom stereocenters. The van der Waals surface area contributed by atoms with Gasteiger partial charge in [0, 0.05) is 44.7 Å². The predicted octanol–water partition coefficient (Wildman–Crippen LogP) is 3.53. The van der Waals surface area contributed by atoms with Crippen molar-refractivity contribution in [3.8, 4) is 0 Å². The van der Waals surface area contributed by atoms with E-state index >= 15 is 0 Å². The SMILES string of the molecule is CCC(CNC(=O)C1CCN(S(=O)(=O)c2ccc3c(c2)CCC3)CC1)N1CCc2ccccc2C1. The molecule has 1 fully saturated rings. The van der Waals surface area contributed by atoms with Crippen LogP contribution in [0.1, 0.15) is 54.9 Å². The Bertz CT molecular complexity index is 1170. The topological polar surface area (TPSA) is 69.7 Å². The highest BCUT2D eigenvalue weighted by Gasteiger charge is 2.33. The lowest BCUT2D eigenvalue weighted by Gasteiger charge is -2.36. The molecule has 1 N–H and O–H groups in total. The molecule has 2 aliphatic heterocycles. The van der Waals surface area contributed by atoms with Gasteiger partial charge in [0.15, 0.2) is 0 Å². The third-order valence-electron chi connectivity index (χ3n) is 8.19. The Kier molecular flexibility index (Phi) is 7.28. The second-order valence-electron chi connectivity index (χ2n) is 10.3. The zero-order valence-corrected chi connectivity index (χ0v) is 21.5. The van der Waals surface area contributed by atoms with E-state index in [1.807, 2.05) is 12.1 Å². The van der Waals surface area contributed by atoms with Crippen molar-refractivity contribution in [3.63, 3.8) is 0 Å². The van der Waals surface area contributed by atoms with Gasteiger partial charge in [-0.2, -0.15) is 4.31 Å². The Labute approximate surface area is 209 Å². The van der Waals surface area contributed by atoms with Crippen molar-refractivity contribution in [1.29, 1.82) is 0 Å². The molecule has 1 atom stereocenters. The number of fused-ring (bicyclic) bond motifs is 2. The van der Waals surface area contributed by atoms with Crippen molar-refractivity contribution in [2.24, 2.45) is 5.92 Å². The molecule has 1 aliphatic carbocycles. The van der Waals surface area contributed by atoms with E-state index in [4.69, 9.17) is 0 Å². The second kappa shape index (κ2) is 10.4. The summed E-state index contributed by atoms with van der Waals surface area (Å²) >= 11 is 0. The predicted molar refractivity (Wildman–Crippen MR) is 138 cm³/mol. The minimum absolute atomic E-state index is 0.0652. The fourth-order valence-corrected chi connectivity index (χ4v) is 7.46. The standard InChI is InChI=1S/C28H37N3O3S/c1-2-26(30-15-12-22-6-3-4-7-25(22)20-30)19-29-28(32)23-13-16-31(17-14-23)35(33,34)27-11-10-21-8-5-9-24(21)18-27/h3-4,6-7,10-11,18,23,26H,2,5,8-9,12-17,19-20H2,1H3,(H,29,32). The minimum atomic E-state index is -3.51. The Morgan fingerprint density at radius 3 is 2.46 bits per heavy atom. The first-order valence-corrected chi connectivity index (χ1v) is 14.6. The zero-order chi connectivity index (χ0) is 24.4. The van der Waals surface area contributed by atoms with Crippen molar-refractivity contribution < 1.29 is 13.2 Å². The summed E-state index contributed by atoms with van der Waals surface area (Å²) in [5.74, 6) is -0.0588. The van der Waals surface area contributed by atoms with Crippen LogP contribution in [-0.4, -0.2) is 55.8 Å². The number of carbonyl (C=O) groups is 1. The number of sulfonamides is 1. The summed E-state index contributed by atoms with van der Waals surface area (Å²) in [6.45, 7) is 5.58. The first-order valence-electron chi connectivity index (χ1n) is 13.2. The average molecular weight is 496 g/mol. The molecule has 0 bridgehead atoms. The zero-order valence-electron chi connectivity index (χ0n) is 20.7. The van der Waals surface area contributed by atoms with Gasteiger partial charge >= 0.3 is 0 Å². The van der Waals surface area contributed by atoms with Crippen LogP contribution in [0.2, 0.25) is 0 Å². The number of benzene rings is 2. The maximum absolute atomic E-state index is 13.2. The Morgan fingerprint density at radius 1 is 0.971 bits per heavy atom. The van der Waals surface area contributed by atoms with Gasteiger partial charge in [-0.1, -0.05) is 37.3 Å². The first kappa shape index (κ1) is 24.5. The summed E-state index contributed by atoms with van der Waals surface area (Å²) < 4.78 is 28.0. The van der Waals surface area contributed by atoms with Crippen molar-refractivity contribution in [2.45, 2.75) is 69.4 Å². The molecule has 0 saturated carbocycles. The number of piperidine rings is 1. The van der Waals surface area contributed by atoms with Gasteiger partial charge in [-0.15, -0.1) is 0 Å². The highest BCUT2D eigenvalue weighted by Crippen LogP contribution is 2.29. The molecule has 2 aromatic carbocycles. The average Bonchev–Trinajstić information content (AvgIpc) is 3.37. The van der Waals surface area contributed by atoms with Crippen molar-refractivity contribution in [1.82, 2.24) is 14.5 Å². The molecule has 1 amide bonds. The maximum Gasteiger partial charge on any atom is 0.243 e. The number of carbonyl (C=O) groups excluding carboxylic acids is 1. The number of amides is 1. The highest BCUT2D eigenvalue weighted by molar-refractivity contribution is 7.89. The fraction of sp³-hybridized carbons (Fsp3) is 0.536. The highest BCUT2D eigenvalue weighted by atomic mass is 32.2. The van der Waals surface area contributed by atoms with Crippen LogP contribution in [0.5, 0.6) is 0 Å². The van der Waals surface area contributed by atoms with Gasteiger partial charge < -0.3 is 5.32 Å². The number of aryl methyl sites for hydroxylation is 2. The number of nitrogens with one attached hydrogen (secondary N) is 1. The minimum Gasteiger partial charge on any atom is -0.354 e. The molecule has 7 heteroatoms. The lowest BCUT2D eigenvalue weighted by molar-refractivity contribution is -0.126. The molecule has 0 aromatic heterocycles. The summed E-state index contributed by atoms with van der Waals surface area (Å²) in [7, 11) is -3.51. The van der Waals surface area contributed by atoms with Crippen LogP contribution >= 0.6 is 0 Å². The van der Waals surface area contributed by atoms with Crippen molar-refractivity contribution in [2.75, 3.05) is 26.2 Å². The van der Waals surface area contributed by atoms with Gasteiger partial charge in [0.2, 0.25) is 15.9 Å². The van der Waals surface area contributed by atoms with Crippen LogP contribution < -0.4 is 5.32 Å². The molecular weight excluding hydrogens is 458 g/mol. The van der Waals surface area contributed by atoms with Crippen LogP contribution in [0.3, 0.4) is 0 Å². The summed E-state index contributed by atoms with van der Waals surface area (Å²) in [4.78, 5) is 15.8. The third kappa shape index (κ3) is 5.18. The lowest BCUT2D eigenvalue weighted by atomic mass is 9.96. The Balaban J connectivity index is 1.13. The fourth-order valence-electron chi connectivity index (χ4n) is 5.94. The normalized spacial score (nSPS) is 20.3. The van der Waals surface area contributed by atoms with Crippen molar-refractivity contribution in [3.05, 3.63) is 64.7 Å². The van der Waals surface area contributed by atoms with E-state index in [1.165, 1.54) is 22.3 Å². The summed E-state index contributed by atoms with van der Waals surface area (Å²) in [5.41, 5.74) is 5.27. The van der Waals surface area contributed by atoms with Crippen LogP contribution in [0.15, 0.2) is 47.4 Å². The van der Waals surface area contributed by atoms with E-state index in [-0.39, 0.29) is 11.8 Å². The van der Waals surface area contributed by atoms with Crippen LogP contribution in [0.4, 0.5) is 0 Å². The van der Waals surface area contributed by atoms with Gasteiger partial charge in [0.25, 0.3) is 0 Å². The van der Waals surface area contributed by atoms with E-state index in [0.29, 0.717) is 43.4 Å². The van der Waals surface area contributed by atoms with Gasteiger partial charge in [-0.05, 0) is 79.3 Å². The molecule has 5 rings (SSSR count). The molecule has 3 aliphatic rings. The van der Waals surface area contributed by atoms with E-state index in [1.54, 1.807) is 10.4 Å². The molecule has 6 nitrogen and oxygen atoms in total. The number of hydrogen-bond acceptors (Lipinski definition) is 4. The van der Waals surface area contributed by atoms with Gasteiger partial charge in [-0.3, -0.25) is 9.69 Å². The summed E-state index contributed by atoms with van der Waals surface area (Å²) in [6.07, 6.45) is 6.29. The second-order valence-corrected chi connectivity index (χ2v) is 12.2. The van der Waals surface area contributed by atoms with Crippen LogP contribution in [0.25, 0.3) is 0 Å². The van der Waals surface area contributed by atoms with Crippen LogP contribution in [0, 0.1) is 5.92 Å². The van der Waals surface area contributed by atoms with Gasteiger partial charge in [0.05, 0.1) is 4.90 Å². The molecule has 0 spiro atoms. The van der Waals surface area contributed by atoms with E-state index in [0.717, 1.165) is 45.2 Å². The first-order chi connectivity index (χ1) is 17.0. The third-order valence-corrected chi connectivity index (χ3v) is 10.1.